The summed E-state index contributed by atoms with van der Waals surface area (Å²) in [5, 5.41) is 6.68. The lowest BCUT2D eigenvalue weighted by Gasteiger charge is -2.32. The molecule has 1 amide bonds. The first-order valence-corrected chi connectivity index (χ1v) is 8.05. The number of para-hydroxylation sites is 1. The van der Waals surface area contributed by atoms with Crippen molar-refractivity contribution in [1.82, 2.24) is 10.6 Å². The van der Waals surface area contributed by atoms with Gasteiger partial charge < -0.3 is 15.4 Å². The van der Waals surface area contributed by atoms with Crippen LogP contribution in [-0.4, -0.2) is 31.1 Å². The van der Waals surface area contributed by atoms with Crippen molar-refractivity contribution in [3.05, 3.63) is 29.8 Å². The monoisotopic (exact) mass is 286 g/mol. The Morgan fingerprint density at radius 2 is 2.05 bits per heavy atom. The van der Waals surface area contributed by atoms with Gasteiger partial charge in [0.05, 0.1) is 0 Å². The molecule has 21 heavy (non-hydrogen) atoms. The smallest absolute Gasteiger partial charge is 0.261 e. The highest BCUT2D eigenvalue weighted by Crippen LogP contribution is 2.33. The number of hydrogen-bond donors (Lipinski definition) is 2. The summed E-state index contributed by atoms with van der Waals surface area (Å²) in [6.07, 6.45) is 3.80. The van der Waals surface area contributed by atoms with E-state index in [9.17, 15) is 4.79 Å². The van der Waals surface area contributed by atoms with Gasteiger partial charge in [-0.2, -0.15) is 0 Å². The van der Waals surface area contributed by atoms with E-state index < -0.39 is 0 Å². The molecule has 1 saturated heterocycles. The molecule has 2 unspecified atom stereocenters. The molecule has 1 aliphatic carbocycles. The summed E-state index contributed by atoms with van der Waals surface area (Å²) in [6, 6.07) is 8.26. The normalized spacial score (nSPS) is 33.9. The highest BCUT2D eigenvalue weighted by atomic mass is 16.5. The number of ether oxygens (including phenoxy) is 1. The van der Waals surface area contributed by atoms with Crippen molar-refractivity contribution in [2.24, 2.45) is 11.8 Å². The number of amides is 1. The quantitative estimate of drug-likeness (QED) is 0.866. The second-order valence-electron chi connectivity index (χ2n) is 6.62. The number of carbonyl (C=O) groups is 1. The molecular weight excluding hydrogens is 264 g/mol. The highest BCUT2D eigenvalue weighted by Gasteiger charge is 2.36. The van der Waals surface area contributed by atoms with E-state index in [0.717, 1.165) is 49.1 Å². The van der Waals surface area contributed by atoms with Crippen molar-refractivity contribution >= 4 is 5.91 Å². The first-order chi connectivity index (χ1) is 10.3. The fourth-order valence-electron chi connectivity index (χ4n) is 4.05. The number of nitrogens with one attached hydrogen (secondary N) is 2. The van der Waals surface area contributed by atoms with E-state index in [2.05, 4.69) is 10.6 Å². The SMILES string of the molecule is O=C(NC1CC[C@H]2CNC[C@H]2C1)C1Cc2ccccc2O1. The van der Waals surface area contributed by atoms with E-state index in [1.54, 1.807) is 0 Å². The average Bonchev–Trinajstić information content (AvgIpc) is 3.13. The summed E-state index contributed by atoms with van der Waals surface area (Å²) in [6.45, 7) is 2.27. The molecule has 112 valence electrons. The number of hydrogen-bond acceptors (Lipinski definition) is 3. The van der Waals surface area contributed by atoms with Gasteiger partial charge in [-0.25, -0.2) is 0 Å². The molecule has 0 bridgehead atoms. The molecule has 2 fully saturated rings. The maximum Gasteiger partial charge on any atom is 0.261 e. The lowest BCUT2D eigenvalue weighted by molar-refractivity contribution is -0.128. The van der Waals surface area contributed by atoms with Crippen LogP contribution >= 0.6 is 0 Å². The number of benzene rings is 1. The molecule has 4 heteroatoms. The molecule has 4 rings (SSSR count). The van der Waals surface area contributed by atoms with Crippen LogP contribution in [-0.2, 0) is 11.2 Å². The second-order valence-corrected chi connectivity index (χ2v) is 6.62. The minimum Gasteiger partial charge on any atom is -0.480 e. The summed E-state index contributed by atoms with van der Waals surface area (Å²) in [5.74, 6) is 2.48. The van der Waals surface area contributed by atoms with E-state index in [1.807, 2.05) is 24.3 Å². The van der Waals surface area contributed by atoms with Gasteiger partial charge in [-0.05, 0) is 55.8 Å². The van der Waals surface area contributed by atoms with Gasteiger partial charge in [0.15, 0.2) is 6.10 Å². The lowest BCUT2D eigenvalue weighted by Crippen LogP contribution is -2.46. The molecular formula is C17H22N2O2. The summed E-state index contributed by atoms with van der Waals surface area (Å²) < 4.78 is 5.77. The molecule has 0 spiro atoms. The molecule has 4 atom stereocenters. The van der Waals surface area contributed by atoms with Gasteiger partial charge in [-0.3, -0.25) is 4.79 Å². The molecule has 0 aromatic heterocycles. The van der Waals surface area contributed by atoms with Gasteiger partial charge >= 0.3 is 0 Å². The van der Waals surface area contributed by atoms with Crippen LogP contribution < -0.4 is 15.4 Å². The Bertz CT molecular complexity index is 520. The first kappa shape index (κ1) is 13.1. The highest BCUT2D eigenvalue weighted by molar-refractivity contribution is 5.82. The van der Waals surface area contributed by atoms with Gasteiger partial charge in [0.25, 0.3) is 5.91 Å². The second kappa shape index (κ2) is 5.34. The molecule has 0 radical (unpaired) electrons. The minimum atomic E-state index is -0.346. The molecule has 1 saturated carbocycles. The number of rotatable bonds is 2. The van der Waals surface area contributed by atoms with Gasteiger partial charge in [-0.1, -0.05) is 18.2 Å². The summed E-state index contributed by atoms with van der Waals surface area (Å²) in [7, 11) is 0. The van der Waals surface area contributed by atoms with E-state index in [1.165, 1.54) is 6.42 Å². The van der Waals surface area contributed by atoms with Crippen molar-refractivity contribution in [2.45, 2.75) is 37.8 Å². The largest absolute Gasteiger partial charge is 0.480 e. The van der Waals surface area contributed by atoms with Crippen LogP contribution in [0.1, 0.15) is 24.8 Å². The van der Waals surface area contributed by atoms with Crippen LogP contribution in [0, 0.1) is 11.8 Å². The van der Waals surface area contributed by atoms with E-state index in [-0.39, 0.29) is 12.0 Å². The zero-order valence-electron chi connectivity index (χ0n) is 12.2. The third-order valence-electron chi connectivity index (χ3n) is 5.24. The maximum atomic E-state index is 12.4. The Hall–Kier alpha value is -1.55. The summed E-state index contributed by atoms with van der Waals surface area (Å²) in [4.78, 5) is 12.4. The Labute approximate surface area is 125 Å². The van der Waals surface area contributed by atoms with Crippen LogP contribution in [0.15, 0.2) is 24.3 Å². The molecule has 4 nitrogen and oxygen atoms in total. The van der Waals surface area contributed by atoms with Gasteiger partial charge in [0, 0.05) is 12.5 Å². The molecule has 2 heterocycles. The molecule has 2 N–H and O–H groups in total. The molecule has 3 aliphatic rings. The molecule has 1 aromatic carbocycles. The Morgan fingerprint density at radius 1 is 1.19 bits per heavy atom. The van der Waals surface area contributed by atoms with Crippen molar-refractivity contribution in [3.8, 4) is 5.75 Å². The lowest BCUT2D eigenvalue weighted by atomic mass is 9.79. The van der Waals surface area contributed by atoms with Crippen LogP contribution in [0.3, 0.4) is 0 Å². The van der Waals surface area contributed by atoms with Crippen molar-refractivity contribution in [3.63, 3.8) is 0 Å². The minimum absolute atomic E-state index is 0.0561. The predicted octanol–water partition coefficient (Wildman–Crippen LogP) is 1.49. The predicted molar refractivity (Wildman–Crippen MR) is 80.2 cm³/mol. The standard InChI is InChI=1S/C17H22N2O2/c20-17(16-8-11-3-1-2-4-15(11)21-16)19-14-6-5-12-9-18-10-13(12)7-14/h1-4,12-14,16,18H,5-10H2,(H,19,20)/t12-,13+,14?,16?/m0/s1. The third kappa shape index (κ3) is 2.53. The van der Waals surface area contributed by atoms with E-state index >= 15 is 0 Å². The first-order valence-electron chi connectivity index (χ1n) is 8.05. The van der Waals surface area contributed by atoms with Gasteiger partial charge in [0.1, 0.15) is 5.75 Å². The van der Waals surface area contributed by atoms with Crippen molar-refractivity contribution in [2.75, 3.05) is 13.1 Å². The van der Waals surface area contributed by atoms with Gasteiger partial charge in [0.2, 0.25) is 0 Å². The summed E-state index contributed by atoms with van der Waals surface area (Å²) in [5.41, 5.74) is 1.14. The zero-order chi connectivity index (χ0) is 14.2. The van der Waals surface area contributed by atoms with E-state index in [0.29, 0.717) is 12.5 Å². The number of carbonyl (C=O) groups excluding carboxylic acids is 1. The Balaban J connectivity index is 1.35. The van der Waals surface area contributed by atoms with Crippen LogP contribution in [0.25, 0.3) is 0 Å². The Morgan fingerprint density at radius 3 is 2.95 bits per heavy atom. The maximum absolute atomic E-state index is 12.4. The molecule has 1 aromatic rings. The Kier molecular flexibility index (Phi) is 3.34. The van der Waals surface area contributed by atoms with Crippen LogP contribution in [0.2, 0.25) is 0 Å². The van der Waals surface area contributed by atoms with Crippen molar-refractivity contribution < 1.29 is 9.53 Å². The fraction of sp³-hybridized carbons (Fsp3) is 0.588. The topological polar surface area (TPSA) is 50.4 Å². The summed E-state index contributed by atoms with van der Waals surface area (Å²) >= 11 is 0. The number of fused-ring (bicyclic) bond motifs is 2. The molecule has 2 aliphatic heterocycles. The third-order valence-corrected chi connectivity index (χ3v) is 5.24. The zero-order valence-corrected chi connectivity index (χ0v) is 12.2. The van der Waals surface area contributed by atoms with Crippen LogP contribution in [0.5, 0.6) is 5.75 Å². The van der Waals surface area contributed by atoms with Crippen LogP contribution in [0.4, 0.5) is 0 Å². The van der Waals surface area contributed by atoms with E-state index in [4.69, 9.17) is 4.74 Å². The van der Waals surface area contributed by atoms with Gasteiger partial charge in [-0.15, -0.1) is 0 Å². The average molecular weight is 286 g/mol. The van der Waals surface area contributed by atoms with Crippen molar-refractivity contribution in [1.29, 1.82) is 0 Å². The fourth-order valence-corrected chi connectivity index (χ4v) is 4.05.